The molecule has 0 saturated heterocycles. The van der Waals surface area contributed by atoms with Gasteiger partial charge in [0.15, 0.2) is 0 Å². The van der Waals surface area contributed by atoms with Gasteiger partial charge in [-0.05, 0) is 64.2 Å². The standard InChI is InChI=1S/C36H65NO6S/c1-3-5-7-9-11-13-15-16-17-18-19-20-21-23-25-27-29-31-35(39)36(40)37-33(32-44(41,42)43)34(38)30-28-26-24-22-14-12-10-8-6-4-2/h6,8,14,19-20,22,28,30,33-35,38-39H,3-5,7,9-13,15-18,21,23-27,29,31-32H2,1-2H3,(H,37,40)(H,41,42,43)/b8-6+,20-19-,22-14+,30-28+. The van der Waals surface area contributed by atoms with E-state index in [4.69, 9.17) is 0 Å². The van der Waals surface area contributed by atoms with E-state index in [2.05, 4.69) is 55.6 Å². The van der Waals surface area contributed by atoms with Gasteiger partial charge in [-0.15, -0.1) is 0 Å². The summed E-state index contributed by atoms with van der Waals surface area (Å²) in [5.74, 6) is -1.58. The molecule has 7 nitrogen and oxygen atoms in total. The second-order valence-corrected chi connectivity index (χ2v) is 13.4. The summed E-state index contributed by atoms with van der Waals surface area (Å²) in [6, 6.07) is -1.26. The molecule has 0 aromatic rings. The van der Waals surface area contributed by atoms with Crippen molar-refractivity contribution in [1.82, 2.24) is 5.32 Å². The fraction of sp³-hybridized carbons (Fsp3) is 0.750. The summed E-state index contributed by atoms with van der Waals surface area (Å²) >= 11 is 0. The fourth-order valence-corrected chi connectivity index (χ4v) is 5.63. The Morgan fingerprint density at radius 3 is 1.61 bits per heavy atom. The lowest BCUT2D eigenvalue weighted by Crippen LogP contribution is -2.50. The average Bonchev–Trinajstić information content (AvgIpc) is 2.98. The monoisotopic (exact) mass is 639 g/mol. The van der Waals surface area contributed by atoms with Crippen LogP contribution >= 0.6 is 0 Å². The van der Waals surface area contributed by atoms with E-state index in [-0.39, 0.29) is 6.42 Å². The summed E-state index contributed by atoms with van der Waals surface area (Å²) in [4.78, 5) is 12.5. The van der Waals surface area contributed by atoms with Crippen LogP contribution in [0.15, 0.2) is 48.6 Å². The fourth-order valence-electron chi connectivity index (χ4n) is 4.90. The Bertz CT molecular complexity index is 896. The van der Waals surface area contributed by atoms with Crippen LogP contribution in [0.1, 0.15) is 149 Å². The zero-order valence-electron chi connectivity index (χ0n) is 27.9. The minimum atomic E-state index is -4.45. The molecule has 0 spiro atoms. The third-order valence-corrected chi connectivity index (χ3v) is 8.35. The first-order chi connectivity index (χ1) is 21.2. The minimum Gasteiger partial charge on any atom is -0.387 e. The largest absolute Gasteiger partial charge is 0.387 e. The molecule has 0 aliphatic carbocycles. The number of unbranched alkanes of at least 4 members (excludes halogenated alkanes) is 15. The lowest BCUT2D eigenvalue weighted by molar-refractivity contribution is -0.130. The van der Waals surface area contributed by atoms with Crippen LogP contribution in [0.3, 0.4) is 0 Å². The molecular formula is C36H65NO6S. The zero-order chi connectivity index (χ0) is 32.7. The summed E-state index contributed by atoms with van der Waals surface area (Å²) in [7, 11) is -4.45. The molecule has 0 fully saturated rings. The molecule has 1 amide bonds. The summed E-state index contributed by atoms with van der Waals surface area (Å²) in [6.07, 6.45) is 36.1. The summed E-state index contributed by atoms with van der Waals surface area (Å²) in [6.45, 7) is 4.35. The molecule has 8 heteroatoms. The van der Waals surface area contributed by atoms with E-state index in [0.29, 0.717) is 12.8 Å². The van der Waals surface area contributed by atoms with E-state index in [0.717, 1.165) is 57.8 Å². The Morgan fingerprint density at radius 2 is 1.09 bits per heavy atom. The molecule has 0 radical (unpaired) electrons. The number of aliphatic hydroxyl groups is 2. The van der Waals surface area contributed by atoms with E-state index in [1.165, 1.54) is 63.9 Å². The smallest absolute Gasteiger partial charge is 0.267 e. The maximum Gasteiger partial charge on any atom is 0.267 e. The van der Waals surface area contributed by atoms with E-state index < -0.39 is 40.0 Å². The number of hydrogen-bond acceptors (Lipinski definition) is 5. The Labute approximate surface area is 270 Å². The van der Waals surface area contributed by atoms with Crippen LogP contribution in [0.5, 0.6) is 0 Å². The Balaban J connectivity index is 4.16. The predicted octanol–water partition coefficient (Wildman–Crippen LogP) is 8.54. The van der Waals surface area contributed by atoms with Crippen molar-refractivity contribution in [1.29, 1.82) is 0 Å². The van der Waals surface area contributed by atoms with Crippen molar-refractivity contribution in [3.05, 3.63) is 48.6 Å². The second kappa shape index (κ2) is 29.9. The quantitative estimate of drug-likeness (QED) is 0.0355. The molecule has 0 aliphatic heterocycles. The first-order valence-corrected chi connectivity index (χ1v) is 19.1. The van der Waals surface area contributed by atoms with Gasteiger partial charge in [0.1, 0.15) is 6.10 Å². The molecule has 0 saturated carbocycles. The molecule has 0 heterocycles. The maximum atomic E-state index is 12.5. The molecule has 256 valence electrons. The SMILES string of the molecule is CC/C=C/CC/C=C/CC/C=C/C(O)C(CS(=O)(=O)O)NC(=O)C(O)CCCCCC/C=C\CCCCCCCCCCC. The number of carbonyl (C=O) groups is 1. The van der Waals surface area contributed by atoms with Crippen LogP contribution in [-0.4, -0.2) is 53.1 Å². The summed E-state index contributed by atoms with van der Waals surface area (Å²) < 4.78 is 32.3. The lowest BCUT2D eigenvalue weighted by Gasteiger charge is -2.22. The van der Waals surface area contributed by atoms with Crippen LogP contribution < -0.4 is 5.32 Å². The van der Waals surface area contributed by atoms with Gasteiger partial charge in [0, 0.05) is 0 Å². The first-order valence-electron chi connectivity index (χ1n) is 17.4. The number of aliphatic hydroxyl groups excluding tert-OH is 2. The molecule has 0 aromatic carbocycles. The van der Waals surface area contributed by atoms with Crippen molar-refractivity contribution in [2.24, 2.45) is 0 Å². The zero-order valence-corrected chi connectivity index (χ0v) is 28.7. The molecule has 3 unspecified atom stereocenters. The molecule has 0 aliphatic rings. The third kappa shape index (κ3) is 29.0. The van der Waals surface area contributed by atoms with Gasteiger partial charge in [-0.1, -0.05) is 133 Å². The molecule has 3 atom stereocenters. The average molecular weight is 640 g/mol. The highest BCUT2D eigenvalue weighted by molar-refractivity contribution is 7.85. The van der Waals surface area contributed by atoms with Gasteiger partial charge >= 0.3 is 0 Å². The van der Waals surface area contributed by atoms with E-state index >= 15 is 0 Å². The predicted molar refractivity (Wildman–Crippen MR) is 185 cm³/mol. The van der Waals surface area contributed by atoms with Crippen molar-refractivity contribution in [3.63, 3.8) is 0 Å². The van der Waals surface area contributed by atoms with E-state index in [9.17, 15) is 28.0 Å². The topological polar surface area (TPSA) is 124 Å². The lowest BCUT2D eigenvalue weighted by atomic mass is 10.1. The first kappa shape index (κ1) is 42.3. The molecule has 0 bridgehead atoms. The normalized spacial score (nSPS) is 14.8. The van der Waals surface area contributed by atoms with E-state index in [1.807, 2.05) is 0 Å². The Kier molecular flexibility index (Phi) is 28.8. The number of nitrogens with one attached hydrogen (secondary N) is 1. The molecule has 44 heavy (non-hydrogen) atoms. The van der Waals surface area contributed by atoms with Crippen molar-refractivity contribution < 1.29 is 28.0 Å². The van der Waals surface area contributed by atoms with Crippen LogP contribution in [0, 0.1) is 0 Å². The number of hydrogen-bond donors (Lipinski definition) is 4. The van der Waals surface area contributed by atoms with Gasteiger partial charge in [0.2, 0.25) is 5.91 Å². The molecule has 0 aromatic heterocycles. The Hall–Kier alpha value is -1.74. The number of amides is 1. The minimum absolute atomic E-state index is 0.255. The van der Waals surface area contributed by atoms with Gasteiger partial charge in [-0.2, -0.15) is 8.42 Å². The second-order valence-electron chi connectivity index (χ2n) is 11.9. The van der Waals surface area contributed by atoms with Crippen molar-refractivity contribution in [3.8, 4) is 0 Å². The highest BCUT2D eigenvalue weighted by Gasteiger charge is 2.27. The number of allylic oxidation sites excluding steroid dienone is 7. The Morgan fingerprint density at radius 1 is 0.636 bits per heavy atom. The number of rotatable bonds is 30. The van der Waals surface area contributed by atoms with Crippen molar-refractivity contribution >= 4 is 16.0 Å². The highest BCUT2D eigenvalue weighted by Crippen LogP contribution is 2.12. The maximum absolute atomic E-state index is 12.5. The van der Waals surface area contributed by atoms with Crippen LogP contribution in [0.4, 0.5) is 0 Å². The summed E-state index contributed by atoms with van der Waals surface area (Å²) in [5, 5.41) is 23.2. The van der Waals surface area contributed by atoms with Crippen LogP contribution in [0.2, 0.25) is 0 Å². The van der Waals surface area contributed by atoms with Crippen LogP contribution in [-0.2, 0) is 14.9 Å². The highest BCUT2D eigenvalue weighted by atomic mass is 32.2. The van der Waals surface area contributed by atoms with Gasteiger partial charge in [-0.25, -0.2) is 0 Å². The van der Waals surface area contributed by atoms with Gasteiger partial charge < -0.3 is 15.5 Å². The number of carbonyl (C=O) groups excluding carboxylic acids is 1. The van der Waals surface area contributed by atoms with E-state index in [1.54, 1.807) is 6.08 Å². The van der Waals surface area contributed by atoms with Gasteiger partial charge in [-0.3, -0.25) is 9.35 Å². The van der Waals surface area contributed by atoms with Crippen LogP contribution in [0.25, 0.3) is 0 Å². The van der Waals surface area contributed by atoms with Gasteiger partial charge in [0.25, 0.3) is 10.1 Å². The van der Waals surface area contributed by atoms with Crippen molar-refractivity contribution in [2.75, 3.05) is 5.75 Å². The third-order valence-electron chi connectivity index (χ3n) is 7.57. The molecular weight excluding hydrogens is 574 g/mol. The van der Waals surface area contributed by atoms with Gasteiger partial charge in [0.05, 0.1) is 17.9 Å². The molecule has 0 rings (SSSR count). The molecule has 4 N–H and O–H groups in total. The summed E-state index contributed by atoms with van der Waals surface area (Å²) in [5.41, 5.74) is 0. The van der Waals surface area contributed by atoms with Crippen molar-refractivity contribution in [2.45, 2.75) is 167 Å².